The summed E-state index contributed by atoms with van der Waals surface area (Å²) in [6.07, 6.45) is 0. The maximum atomic E-state index is 12.6. The molecule has 1 aromatic carbocycles. The van der Waals surface area contributed by atoms with Crippen LogP contribution in [0.2, 0.25) is 0 Å². The van der Waals surface area contributed by atoms with E-state index in [1.807, 2.05) is 0 Å². The average Bonchev–Trinajstić information content (AvgIpc) is 2.98. The molecule has 0 aliphatic carbocycles. The van der Waals surface area contributed by atoms with Gasteiger partial charge in [-0.3, -0.25) is 4.79 Å². The van der Waals surface area contributed by atoms with Crippen LogP contribution >= 0.6 is 0 Å². The fraction of sp³-hybridized carbons (Fsp3) is 0.238. The maximum Gasteiger partial charge on any atom is 0.355 e. The molecule has 9 heteroatoms. The zero-order valence-corrected chi connectivity index (χ0v) is 16.9. The van der Waals surface area contributed by atoms with Gasteiger partial charge in [-0.15, -0.1) is 0 Å². The number of methoxy groups -OCH3 is 1. The standard InChI is InChI=1S/C21H20N2O7/c1-10-18(20(26)28-4)11(2)22-19(10)21(27)29-9-13-7-17(25)30-16-8-14(23-12(3)24)5-6-15(13)16/h5-8,22H,9H2,1-4H3,(H,23,24). The van der Waals surface area contributed by atoms with Crippen LogP contribution < -0.4 is 10.9 Å². The molecule has 0 aliphatic heterocycles. The highest BCUT2D eigenvalue weighted by atomic mass is 16.5. The molecule has 2 N–H and O–H groups in total. The van der Waals surface area contributed by atoms with Gasteiger partial charge in [-0.05, 0) is 31.5 Å². The Hall–Kier alpha value is -3.88. The fourth-order valence-corrected chi connectivity index (χ4v) is 3.21. The van der Waals surface area contributed by atoms with Crippen LogP contribution in [0.3, 0.4) is 0 Å². The van der Waals surface area contributed by atoms with Crippen LogP contribution in [-0.2, 0) is 20.9 Å². The van der Waals surface area contributed by atoms with Crippen molar-refractivity contribution in [3.8, 4) is 0 Å². The van der Waals surface area contributed by atoms with Gasteiger partial charge in [0.1, 0.15) is 17.9 Å². The second kappa shape index (κ2) is 8.24. The van der Waals surface area contributed by atoms with Gasteiger partial charge in [-0.2, -0.15) is 0 Å². The molecule has 0 atom stereocenters. The summed E-state index contributed by atoms with van der Waals surface area (Å²) >= 11 is 0. The number of amides is 1. The Morgan fingerprint density at radius 3 is 2.53 bits per heavy atom. The lowest BCUT2D eigenvalue weighted by Gasteiger charge is -2.09. The Morgan fingerprint density at radius 2 is 1.87 bits per heavy atom. The number of anilines is 1. The Morgan fingerprint density at radius 1 is 1.13 bits per heavy atom. The number of nitrogens with one attached hydrogen (secondary N) is 2. The molecule has 0 saturated heterocycles. The van der Waals surface area contributed by atoms with Crippen LogP contribution in [0.1, 0.15) is 44.6 Å². The van der Waals surface area contributed by atoms with Crippen molar-refractivity contribution in [1.29, 1.82) is 0 Å². The van der Waals surface area contributed by atoms with Crippen LogP contribution in [-0.4, -0.2) is 29.9 Å². The van der Waals surface area contributed by atoms with Gasteiger partial charge in [0.05, 0.1) is 12.7 Å². The van der Waals surface area contributed by atoms with Gasteiger partial charge in [-0.25, -0.2) is 14.4 Å². The minimum absolute atomic E-state index is 0.133. The summed E-state index contributed by atoms with van der Waals surface area (Å²) in [7, 11) is 1.26. The molecule has 156 valence electrons. The van der Waals surface area contributed by atoms with Crippen molar-refractivity contribution < 1.29 is 28.3 Å². The number of esters is 2. The lowest BCUT2D eigenvalue weighted by Crippen LogP contribution is -2.10. The SMILES string of the molecule is COC(=O)c1c(C)[nH]c(C(=O)OCc2cc(=O)oc3cc(NC(C)=O)ccc23)c1C. The number of aromatic nitrogens is 1. The number of hydrogen-bond donors (Lipinski definition) is 2. The molecule has 0 radical (unpaired) electrons. The summed E-state index contributed by atoms with van der Waals surface area (Å²) < 4.78 is 15.3. The fourth-order valence-electron chi connectivity index (χ4n) is 3.21. The van der Waals surface area contributed by atoms with E-state index in [2.05, 4.69) is 10.3 Å². The van der Waals surface area contributed by atoms with Crippen molar-refractivity contribution in [3.63, 3.8) is 0 Å². The van der Waals surface area contributed by atoms with Crippen molar-refractivity contribution in [2.45, 2.75) is 27.4 Å². The second-order valence-corrected chi connectivity index (χ2v) is 6.68. The van der Waals surface area contributed by atoms with Crippen molar-refractivity contribution >= 4 is 34.5 Å². The zero-order valence-electron chi connectivity index (χ0n) is 16.9. The highest BCUT2D eigenvalue weighted by Gasteiger charge is 2.23. The molecule has 1 amide bonds. The van der Waals surface area contributed by atoms with Crippen LogP contribution in [0, 0.1) is 13.8 Å². The molecule has 0 saturated carbocycles. The first-order valence-corrected chi connectivity index (χ1v) is 9.00. The highest BCUT2D eigenvalue weighted by molar-refractivity contribution is 5.98. The molecule has 0 aliphatic rings. The molecule has 0 spiro atoms. The number of ether oxygens (including phenoxy) is 2. The van der Waals surface area contributed by atoms with E-state index in [9.17, 15) is 19.2 Å². The van der Waals surface area contributed by atoms with Gasteiger partial charge in [-0.1, -0.05) is 0 Å². The molecule has 2 aromatic heterocycles. The summed E-state index contributed by atoms with van der Waals surface area (Å²) in [6.45, 7) is 4.44. The van der Waals surface area contributed by atoms with Gasteiger partial charge in [0, 0.05) is 41.4 Å². The third kappa shape index (κ3) is 4.09. The molecule has 2 heterocycles. The van der Waals surface area contributed by atoms with E-state index in [1.165, 1.54) is 26.2 Å². The molecular formula is C21H20N2O7. The summed E-state index contributed by atoms with van der Waals surface area (Å²) in [5.41, 5.74) is 1.87. The number of aromatic amines is 1. The third-order valence-electron chi connectivity index (χ3n) is 4.54. The van der Waals surface area contributed by atoms with Crippen LogP contribution in [0.15, 0.2) is 33.5 Å². The van der Waals surface area contributed by atoms with Crippen LogP contribution in [0.4, 0.5) is 5.69 Å². The first-order chi connectivity index (χ1) is 14.2. The number of carbonyl (C=O) groups excluding carboxylic acids is 3. The smallest absolute Gasteiger partial charge is 0.355 e. The molecule has 30 heavy (non-hydrogen) atoms. The van der Waals surface area contributed by atoms with Gasteiger partial charge >= 0.3 is 17.6 Å². The quantitative estimate of drug-likeness (QED) is 0.487. The summed E-state index contributed by atoms with van der Waals surface area (Å²) in [5.74, 6) is -1.49. The largest absolute Gasteiger partial charge is 0.465 e. The van der Waals surface area contributed by atoms with Gasteiger partial charge in [0.15, 0.2) is 0 Å². The number of rotatable bonds is 5. The zero-order chi connectivity index (χ0) is 22.0. The van der Waals surface area contributed by atoms with E-state index in [4.69, 9.17) is 13.9 Å². The first-order valence-electron chi connectivity index (χ1n) is 9.00. The van der Waals surface area contributed by atoms with Crippen LogP contribution in [0.5, 0.6) is 0 Å². The predicted octanol–water partition coefficient (Wildman–Crippen LogP) is 2.84. The van der Waals surface area contributed by atoms with Gasteiger partial charge in [0.2, 0.25) is 5.91 Å². The molecule has 3 rings (SSSR count). The number of H-pyrrole nitrogens is 1. The Balaban J connectivity index is 1.87. The van der Waals surface area contributed by atoms with Crippen molar-refractivity contribution in [1.82, 2.24) is 4.98 Å². The number of carbonyl (C=O) groups is 3. The molecular weight excluding hydrogens is 392 g/mol. The third-order valence-corrected chi connectivity index (χ3v) is 4.54. The molecule has 0 unspecified atom stereocenters. The van der Waals surface area contributed by atoms with E-state index in [1.54, 1.807) is 26.0 Å². The van der Waals surface area contributed by atoms with Gasteiger partial charge in [0.25, 0.3) is 0 Å². The lowest BCUT2D eigenvalue weighted by molar-refractivity contribution is -0.114. The van der Waals surface area contributed by atoms with E-state index in [-0.39, 0.29) is 29.4 Å². The number of aryl methyl sites for hydroxylation is 1. The molecule has 0 bridgehead atoms. The molecule has 3 aromatic rings. The van der Waals surface area contributed by atoms with E-state index in [0.717, 1.165) is 0 Å². The Labute approximate surface area is 171 Å². The average molecular weight is 412 g/mol. The number of benzene rings is 1. The Kier molecular flexibility index (Phi) is 5.72. The second-order valence-electron chi connectivity index (χ2n) is 6.68. The highest BCUT2D eigenvalue weighted by Crippen LogP contribution is 2.23. The summed E-state index contributed by atoms with van der Waals surface area (Å²) in [6, 6.07) is 6.06. The minimum atomic E-state index is -0.679. The van der Waals surface area contributed by atoms with Gasteiger partial charge < -0.3 is 24.2 Å². The van der Waals surface area contributed by atoms with Crippen molar-refractivity contribution in [2.24, 2.45) is 0 Å². The topological polar surface area (TPSA) is 128 Å². The number of fused-ring (bicyclic) bond motifs is 1. The summed E-state index contributed by atoms with van der Waals surface area (Å²) in [4.78, 5) is 50.4. The maximum absolute atomic E-state index is 12.6. The van der Waals surface area contributed by atoms with Crippen molar-refractivity contribution in [2.75, 3.05) is 12.4 Å². The summed E-state index contributed by atoms with van der Waals surface area (Å²) in [5, 5.41) is 3.17. The minimum Gasteiger partial charge on any atom is -0.465 e. The first kappa shape index (κ1) is 20.8. The van der Waals surface area contributed by atoms with E-state index in [0.29, 0.717) is 27.9 Å². The van der Waals surface area contributed by atoms with E-state index < -0.39 is 17.6 Å². The van der Waals surface area contributed by atoms with E-state index >= 15 is 0 Å². The normalized spacial score (nSPS) is 10.7. The molecule has 0 fully saturated rings. The monoisotopic (exact) mass is 412 g/mol. The number of hydrogen-bond acceptors (Lipinski definition) is 7. The predicted molar refractivity (Wildman–Crippen MR) is 108 cm³/mol. The van der Waals surface area contributed by atoms with Crippen LogP contribution in [0.25, 0.3) is 11.0 Å². The van der Waals surface area contributed by atoms with Crippen molar-refractivity contribution in [3.05, 3.63) is 62.8 Å². The Bertz CT molecular complexity index is 1220. The molecule has 9 nitrogen and oxygen atoms in total. The lowest BCUT2D eigenvalue weighted by atomic mass is 10.1.